The molecule has 0 saturated heterocycles. The summed E-state index contributed by atoms with van der Waals surface area (Å²) in [5, 5.41) is 0. The number of aliphatic imine (C=N–C) groups is 1. The molecule has 1 atom stereocenters. The van der Waals surface area contributed by atoms with Crippen LogP contribution in [0.5, 0.6) is 0 Å². The molecule has 0 radical (unpaired) electrons. The van der Waals surface area contributed by atoms with E-state index in [0.717, 1.165) is 11.3 Å². The first-order chi connectivity index (χ1) is 9.90. The van der Waals surface area contributed by atoms with Crippen molar-refractivity contribution in [2.75, 3.05) is 13.2 Å². The Balaban J connectivity index is 2.10. The minimum absolute atomic E-state index is 0.0773. The highest BCUT2D eigenvalue weighted by molar-refractivity contribution is 5.76. The lowest BCUT2D eigenvalue weighted by molar-refractivity contribution is 0.152. The molecule has 0 aliphatic heterocycles. The molecule has 100 valence electrons. The van der Waals surface area contributed by atoms with Gasteiger partial charge in [0.1, 0.15) is 6.61 Å². The number of rotatable bonds is 6. The van der Waals surface area contributed by atoms with E-state index in [9.17, 15) is 0 Å². The van der Waals surface area contributed by atoms with Crippen molar-refractivity contribution in [1.82, 2.24) is 4.98 Å². The van der Waals surface area contributed by atoms with Crippen molar-refractivity contribution in [2.24, 2.45) is 4.99 Å². The topological polar surface area (TPSA) is 34.5 Å². The minimum Gasteiger partial charge on any atom is -0.366 e. The Morgan fingerprint density at radius 1 is 1.20 bits per heavy atom. The number of pyridine rings is 1. The third-order valence-corrected chi connectivity index (χ3v) is 2.72. The zero-order chi connectivity index (χ0) is 14.0. The maximum atomic E-state index is 5.42. The van der Waals surface area contributed by atoms with Gasteiger partial charge in [-0.3, -0.25) is 9.98 Å². The number of hydrogen-bond acceptors (Lipinski definition) is 3. The third-order valence-electron chi connectivity index (χ3n) is 2.72. The van der Waals surface area contributed by atoms with E-state index in [0.29, 0.717) is 13.2 Å². The van der Waals surface area contributed by atoms with Crippen LogP contribution in [0.1, 0.15) is 17.3 Å². The van der Waals surface area contributed by atoms with E-state index in [1.54, 1.807) is 12.4 Å². The normalized spacial score (nSPS) is 12.2. The van der Waals surface area contributed by atoms with Crippen LogP contribution in [0.3, 0.4) is 0 Å². The summed E-state index contributed by atoms with van der Waals surface area (Å²) in [6, 6.07) is 15.6. The van der Waals surface area contributed by atoms with Crippen LogP contribution in [0, 0.1) is 12.3 Å². The molecular weight excluding hydrogens is 248 g/mol. The molecule has 3 heteroatoms. The van der Waals surface area contributed by atoms with Crippen LogP contribution in [-0.2, 0) is 4.74 Å². The summed E-state index contributed by atoms with van der Waals surface area (Å²) in [5.74, 6) is 2.46. The van der Waals surface area contributed by atoms with E-state index < -0.39 is 0 Å². The molecule has 0 N–H and O–H groups in total. The summed E-state index contributed by atoms with van der Waals surface area (Å²) in [5.41, 5.74) is 1.92. The van der Waals surface area contributed by atoms with Crippen molar-refractivity contribution < 1.29 is 4.74 Å². The van der Waals surface area contributed by atoms with E-state index in [2.05, 4.69) is 15.9 Å². The molecule has 3 nitrogen and oxygen atoms in total. The second kappa shape index (κ2) is 7.88. The number of ether oxygens (including phenoxy) is 1. The van der Waals surface area contributed by atoms with Gasteiger partial charge < -0.3 is 4.74 Å². The monoisotopic (exact) mass is 264 g/mol. The molecule has 0 amide bonds. The van der Waals surface area contributed by atoms with Crippen molar-refractivity contribution in [1.29, 1.82) is 0 Å². The van der Waals surface area contributed by atoms with Gasteiger partial charge in [-0.25, -0.2) is 0 Å². The van der Waals surface area contributed by atoms with Crippen LogP contribution >= 0.6 is 0 Å². The number of terminal acetylenes is 1. The highest BCUT2D eigenvalue weighted by atomic mass is 16.5. The number of nitrogens with zero attached hydrogens (tertiary/aromatic N) is 2. The fourth-order valence-electron chi connectivity index (χ4n) is 1.75. The molecular formula is C17H16N2O. The predicted molar refractivity (Wildman–Crippen MR) is 80.7 cm³/mol. The largest absolute Gasteiger partial charge is 0.366 e. The molecule has 0 bridgehead atoms. The highest BCUT2D eigenvalue weighted by Crippen LogP contribution is 2.17. The van der Waals surface area contributed by atoms with Gasteiger partial charge in [-0.05, 0) is 17.7 Å². The summed E-state index contributed by atoms with van der Waals surface area (Å²) in [4.78, 5) is 8.77. The summed E-state index contributed by atoms with van der Waals surface area (Å²) in [6.07, 6.45) is 8.70. The van der Waals surface area contributed by atoms with Crippen molar-refractivity contribution in [2.45, 2.75) is 6.04 Å². The molecule has 0 saturated carbocycles. The molecule has 0 aliphatic rings. The van der Waals surface area contributed by atoms with Crippen LogP contribution in [0.4, 0.5) is 0 Å². The zero-order valence-corrected chi connectivity index (χ0v) is 11.1. The maximum absolute atomic E-state index is 5.42. The van der Waals surface area contributed by atoms with Crippen LogP contribution < -0.4 is 0 Å². The second-order valence-electron chi connectivity index (χ2n) is 4.18. The zero-order valence-electron chi connectivity index (χ0n) is 11.1. The van der Waals surface area contributed by atoms with Gasteiger partial charge in [0, 0.05) is 12.4 Å². The van der Waals surface area contributed by atoms with Crippen molar-refractivity contribution >= 4 is 6.21 Å². The van der Waals surface area contributed by atoms with Crippen LogP contribution in [0.15, 0.2) is 59.7 Å². The molecule has 0 fully saturated rings. The van der Waals surface area contributed by atoms with E-state index in [1.807, 2.05) is 48.5 Å². The fourth-order valence-corrected chi connectivity index (χ4v) is 1.75. The standard InChI is InChI=1S/C17H16N2O/c1-2-12-20-14-17(15-8-4-3-5-9-15)19-13-16-10-6-7-11-18-16/h1,3-11,13,17H,12,14H2/t17-/m0/s1. The van der Waals surface area contributed by atoms with Crippen molar-refractivity contribution in [3.05, 3.63) is 66.0 Å². The molecule has 0 unspecified atom stereocenters. The molecule has 0 spiro atoms. The number of benzene rings is 1. The van der Waals surface area contributed by atoms with Crippen molar-refractivity contribution in [3.63, 3.8) is 0 Å². The van der Waals surface area contributed by atoms with Gasteiger partial charge >= 0.3 is 0 Å². The highest BCUT2D eigenvalue weighted by Gasteiger charge is 2.08. The SMILES string of the molecule is C#CCOC[C@H](N=Cc1ccccn1)c1ccccc1. The van der Waals surface area contributed by atoms with Gasteiger partial charge in [0.2, 0.25) is 0 Å². The first-order valence-corrected chi connectivity index (χ1v) is 6.40. The Morgan fingerprint density at radius 3 is 2.70 bits per heavy atom. The number of hydrogen-bond donors (Lipinski definition) is 0. The van der Waals surface area contributed by atoms with Gasteiger partial charge in [-0.1, -0.05) is 42.3 Å². The van der Waals surface area contributed by atoms with E-state index >= 15 is 0 Å². The van der Waals surface area contributed by atoms with Gasteiger partial charge in [0.25, 0.3) is 0 Å². The lowest BCUT2D eigenvalue weighted by atomic mass is 10.1. The van der Waals surface area contributed by atoms with E-state index in [1.165, 1.54) is 0 Å². The maximum Gasteiger partial charge on any atom is 0.107 e. The molecule has 0 aliphatic carbocycles. The van der Waals surface area contributed by atoms with E-state index in [4.69, 9.17) is 11.2 Å². The molecule has 1 heterocycles. The van der Waals surface area contributed by atoms with Gasteiger partial charge in [-0.15, -0.1) is 6.42 Å². The van der Waals surface area contributed by atoms with Gasteiger partial charge in [0.05, 0.1) is 18.3 Å². The Bertz CT molecular complexity index is 573. The molecule has 20 heavy (non-hydrogen) atoms. The Labute approximate surface area is 119 Å². The van der Waals surface area contributed by atoms with E-state index in [-0.39, 0.29) is 6.04 Å². The molecule has 1 aromatic carbocycles. The molecule has 2 aromatic rings. The third kappa shape index (κ3) is 4.34. The summed E-state index contributed by atoms with van der Waals surface area (Å²) in [7, 11) is 0. The lowest BCUT2D eigenvalue weighted by Crippen LogP contribution is -2.07. The first-order valence-electron chi connectivity index (χ1n) is 6.40. The second-order valence-corrected chi connectivity index (χ2v) is 4.18. The Kier molecular flexibility index (Phi) is 5.51. The summed E-state index contributed by atoms with van der Waals surface area (Å²) < 4.78 is 5.42. The Morgan fingerprint density at radius 2 is 2.00 bits per heavy atom. The average molecular weight is 264 g/mol. The lowest BCUT2D eigenvalue weighted by Gasteiger charge is -2.12. The Hall–Kier alpha value is -2.44. The number of aromatic nitrogens is 1. The predicted octanol–water partition coefficient (Wildman–Crippen LogP) is 2.89. The van der Waals surface area contributed by atoms with Crippen LogP contribution in [0.2, 0.25) is 0 Å². The average Bonchev–Trinajstić information content (AvgIpc) is 2.52. The van der Waals surface area contributed by atoms with Gasteiger partial charge in [-0.2, -0.15) is 0 Å². The molecule has 1 aromatic heterocycles. The quantitative estimate of drug-likeness (QED) is 0.457. The van der Waals surface area contributed by atoms with Crippen LogP contribution in [0.25, 0.3) is 0 Å². The smallest absolute Gasteiger partial charge is 0.107 e. The summed E-state index contributed by atoms with van der Waals surface area (Å²) >= 11 is 0. The van der Waals surface area contributed by atoms with Gasteiger partial charge in [0.15, 0.2) is 0 Å². The molecule has 2 rings (SSSR count). The fraction of sp³-hybridized carbons (Fsp3) is 0.176. The van der Waals surface area contributed by atoms with Crippen molar-refractivity contribution in [3.8, 4) is 12.3 Å². The first kappa shape index (κ1) is 14.0. The minimum atomic E-state index is -0.0773. The van der Waals surface area contributed by atoms with Crippen LogP contribution in [-0.4, -0.2) is 24.4 Å². The summed E-state index contributed by atoms with van der Waals surface area (Å²) in [6.45, 7) is 0.750.